The molecule has 0 unspecified atom stereocenters. The number of benzene rings is 1. The first-order chi connectivity index (χ1) is 15.5. The Morgan fingerprint density at radius 2 is 2.00 bits per heavy atom. The van der Waals surface area contributed by atoms with E-state index in [1.54, 1.807) is 6.07 Å². The Morgan fingerprint density at radius 3 is 2.81 bits per heavy atom. The third-order valence-corrected chi connectivity index (χ3v) is 6.85. The number of para-hydroxylation sites is 2. The molecule has 3 heterocycles. The number of rotatable bonds is 6. The Kier molecular flexibility index (Phi) is 6.78. The summed E-state index contributed by atoms with van der Waals surface area (Å²) in [6.07, 6.45) is 3.59. The molecule has 1 N–H and O–H groups in total. The predicted octanol–water partition coefficient (Wildman–Crippen LogP) is 2.67. The van der Waals surface area contributed by atoms with Crippen LogP contribution in [0.4, 0.5) is 11.4 Å². The summed E-state index contributed by atoms with van der Waals surface area (Å²) in [5.74, 6) is 0.517. The Labute approximate surface area is 191 Å². The first kappa shape index (κ1) is 22.3. The van der Waals surface area contributed by atoms with Crippen LogP contribution >= 0.6 is 11.8 Å². The summed E-state index contributed by atoms with van der Waals surface area (Å²) in [7, 11) is 0. The van der Waals surface area contributed by atoms with E-state index in [-0.39, 0.29) is 24.3 Å². The number of nitrogens with zero attached hydrogens (tertiary/aromatic N) is 5. The molecular formula is C22H28N6O3S. The van der Waals surface area contributed by atoms with Crippen LogP contribution in [0.15, 0.2) is 29.4 Å². The van der Waals surface area contributed by atoms with E-state index >= 15 is 0 Å². The number of carbonyl (C=O) groups is 3. The zero-order valence-electron chi connectivity index (χ0n) is 18.4. The fourth-order valence-electron chi connectivity index (χ4n) is 4.08. The van der Waals surface area contributed by atoms with Gasteiger partial charge in [-0.05, 0) is 38.8 Å². The molecule has 2 aliphatic rings. The van der Waals surface area contributed by atoms with Crippen LogP contribution in [0, 0.1) is 0 Å². The van der Waals surface area contributed by atoms with Crippen LogP contribution < -0.4 is 10.2 Å². The molecule has 1 aromatic heterocycles. The van der Waals surface area contributed by atoms with Crippen LogP contribution in [0.2, 0.25) is 0 Å². The summed E-state index contributed by atoms with van der Waals surface area (Å²) < 4.78 is 1.96. The van der Waals surface area contributed by atoms with E-state index in [0.29, 0.717) is 36.0 Å². The van der Waals surface area contributed by atoms with Crippen LogP contribution in [0.1, 0.15) is 45.4 Å². The van der Waals surface area contributed by atoms with Gasteiger partial charge in [0.25, 0.3) is 0 Å². The minimum absolute atomic E-state index is 0.0104. The fraction of sp³-hybridized carbons (Fsp3) is 0.500. The molecule has 1 aromatic carbocycles. The van der Waals surface area contributed by atoms with E-state index in [2.05, 4.69) is 15.5 Å². The van der Waals surface area contributed by atoms with Crippen LogP contribution in [0.25, 0.3) is 0 Å². The molecule has 0 spiro atoms. The molecule has 9 nitrogen and oxygen atoms in total. The molecule has 4 rings (SSSR count). The van der Waals surface area contributed by atoms with E-state index in [1.807, 2.05) is 41.5 Å². The lowest BCUT2D eigenvalue weighted by Gasteiger charge is -2.30. The predicted molar refractivity (Wildman–Crippen MR) is 122 cm³/mol. The van der Waals surface area contributed by atoms with Gasteiger partial charge in [0.05, 0.1) is 23.2 Å². The van der Waals surface area contributed by atoms with E-state index in [1.165, 1.54) is 16.7 Å². The van der Waals surface area contributed by atoms with Crippen molar-refractivity contribution < 1.29 is 14.4 Å². The van der Waals surface area contributed by atoms with Crippen molar-refractivity contribution in [1.29, 1.82) is 0 Å². The van der Waals surface area contributed by atoms with Gasteiger partial charge in [-0.15, -0.1) is 10.2 Å². The smallest absolute Gasteiger partial charge is 0.244 e. The fourth-order valence-corrected chi connectivity index (χ4v) is 5.07. The Balaban J connectivity index is 1.49. The number of fused-ring (bicyclic) bond motifs is 1. The number of aromatic nitrogens is 3. The first-order valence-corrected chi connectivity index (χ1v) is 11.9. The third-order valence-electron chi connectivity index (χ3n) is 5.78. The molecule has 3 amide bonds. The van der Waals surface area contributed by atoms with E-state index in [0.717, 1.165) is 31.6 Å². The lowest BCUT2D eigenvalue weighted by molar-refractivity contribution is -0.131. The summed E-state index contributed by atoms with van der Waals surface area (Å²) in [4.78, 5) is 41.1. The summed E-state index contributed by atoms with van der Waals surface area (Å²) in [6, 6.07) is 7.29. The number of anilines is 2. The third kappa shape index (κ3) is 4.64. The average Bonchev–Trinajstić information content (AvgIpc) is 3.05. The summed E-state index contributed by atoms with van der Waals surface area (Å²) in [5, 5.41) is 11.6. The molecule has 1 saturated heterocycles. The minimum Gasteiger partial charge on any atom is -0.335 e. The maximum Gasteiger partial charge on any atom is 0.244 e. The monoisotopic (exact) mass is 456 g/mol. The Bertz CT molecular complexity index is 1020. The van der Waals surface area contributed by atoms with Crippen molar-refractivity contribution in [2.75, 3.05) is 23.3 Å². The van der Waals surface area contributed by atoms with E-state index in [4.69, 9.17) is 0 Å². The average molecular weight is 457 g/mol. The standard InChI is InChI=1S/C22H28N6O3S/c1-3-27-18(13-26-12-8-4-5-11-20(26)30)24-25-22(27)32-15(2)21(31)28-14-19(29)23-16-9-6-7-10-17(16)28/h6-7,9-10,15H,3-5,8,11-14H2,1-2H3,(H,23,29)/t15-/m0/s1. The normalized spacial score (nSPS) is 17.6. The maximum atomic E-state index is 13.2. The van der Waals surface area contributed by atoms with Gasteiger partial charge in [0.1, 0.15) is 6.54 Å². The summed E-state index contributed by atoms with van der Waals surface area (Å²) >= 11 is 1.32. The van der Waals surface area contributed by atoms with Crippen LogP contribution in [0.3, 0.4) is 0 Å². The number of carbonyl (C=O) groups excluding carboxylic acids is 3. The highest BCUT2D eigenvalue weighted by Gasteiger charge is 2.31. The highest BCUT2D eigenvalue weighted by Crippen LogP contribution is 2.32. The molecular weight excluding hydrogens is 428 g/mol. The van der Waals surface area contributed by atoms with Crippen molar-refractivity contribution >= 4 is 40.9 Å². The molecule has 32 heavy (non-hydrogen) atoms. The lowest BCUT2D eigenvalue weighted by atomic mass is 10.2. The van der Waals surface area contributed by atoms with Gasteiger partial charge in [-0.1, -0.05) is 30.3 Å². The molecule has 0 aliphatic carbocycles. The van der Waals surface area contributed by atoms with E-state index < -0.39 is 5.25 Å². The molecule has 10 heteroatoms. The van der Waals surface area contributed by atoms with E-state index in [9.17, 15) is 14.4 Å². The number of amides is 3. The highest BCUT2D eigenvalue weighted by molar-refractivity contribution is 8.00. The van der Waals surface area contributed by atoms with Crippen molar-refractivity contribution in [2.24, 2.45) is 0 Å². The van der Waals surface area contributed by atoms with Gasteiger partial charge in [-0.25, -0.2) is 0 Å². The first-order valence-electron chi connectivity index (χ1n) is 11.0. The topological polar surface area (TPSA) is 100 Å². The lowest BCUT2D eigenvalue weighted by Crippen LogP contribution is -2.45. The van der Waals surface area contributed by atoms with Gasteiger partial charge in [-0.3, -0.25) is 19.3 Å². The van der Waals surface area contributed by atoms with Gasteiger partial charge < -0.3 is 14.8 Å². The van der Waals surface area contributed by atoms with Gasteiger partial charge >= 0.3 is 0 Å². The van der Waals surface area contributed by atoms with Crippen molar-refractivity contribution in [2.45, 2.75) is 63.0 Å². The van der Waals surface area contributed by atoms with Crippen LogP contribution in [-0.4, -0.2) is 55.7 Å². The zero-order valence-corrected chi connectivity index (χ0v) is 19.2. The summed E-state index contributed by atoms with van der Waals surface area (Å²) in [5.41, 5.74) is 1.33. The van der Waals surface area contributed by atoms with Crippen molar-refractivity contribution in [3.8, 4) is 0 Å². The summed E-state index contributed by atoms with van der Waals surface area (Å²) in [6.45, 7) is 5.62. The number of likely N-dealkylation sites (tertiary alicyclic amines) is 1. The number of thioether (sulfide) groups is 1. The van der Waals surface area contributed by atoms with Crippen LogP contribution in [0.5, 0.6) is 0 Å². The number of nitrogens with one attached hydrogen (secondary N) is 1. The van der Waals surface area contributed by atoms with Crippen LogP contribution in [-0.2, 0) is 27.5 Å². The highest BCUT2D eigenvalue weighted by atomic mass is 32.2. The molecule has 0 radical (unpaired) electrons. The molecule has 2 aliphatic heterocycles. The Morgan fingerprint density at radius 1 is 1.19 bits per heavy atom. The Hall–Kier alpha value is -2.88. The van der Waals surface area contributed by atoms with Gasteiger partial charge in [-0.2, -0.15) is 0 Å². The van der Waals surface area contributed by atoms with Crippen molar-refractivity contribution in [1.82, 2.24) is 19.7 Å². The van der Waals surface area contributed by atoms with Gasteiger partial charge in [0.2, 0.25) is 17.7 Å². The molecule has 0 bridgehead atoms. The zero-order chi connectivity index (χ0) is 22.7. The molecule has 170 valence electrons. The second-order valence-corrected chi connectivity index (χ2v) is 9.33. The molecule has 1 fully saturated rings. The van der Waals surface area contributed by atoms with Crippen molar-refractivity contribution in [3.05, 3.63) is 30.1 Å². The number of hydrogen-bond acceptors (Lipinski definition) is 6. The second-order valence-electron chi connectivity index (χ2n) is 8.02. The quantitative estimate of drug-likeness (QED) is 0.671. The SMILES string of the molecule is CCn1c(CN2CCCCCC2=O)nnc1S[C@@H](C)C(=O)N1CC(=O)Nc2ccccc21. The maximum absolute atomic E-state index is 13.2. The minimum atomic E-state index is -0.462. The molecule has 0 saturated carbocycles. The molecule has 1 atom stereocenters. The van der Waals surface area contributed by atoms with Gasteiger partial charge in [0, 0.05) is 19.5 Å². The van der Waals surface area contributed by atoms with Gasteiger partial charge in [0.15, 0.2) is 11.0 Å². The second kappa shape index (κ2) is 9.72. The largest absolute Gasteiger partial charge is 0.335 e. The molecule has 2 aromatic rings. The van der Waals surface area contributed by atoms with Crippen molar-refractivity contribution in [3.63, 3.8) is 0 Å². The number of hydrogen-bond donors (Lipinski definition) is 1.